The Morgan fingerprint density at radius 1 is 0.957 bits per heavy atom. The molecule has 122 valence electrons. The van der Waals surface area contributed by atoms with Gasteiger partial charge in [-0.3, -0.25) is 4.90 Å². The van der Waals surface area contributed by atoms with Gasteiger partial charge in [0.1, 0.15) is 0 Å². The summed E-state index contributed by atoms with van der Waals surface area (Å²) in [6, 6.07) is 19.1. The molecule has 2 aromatic carbocycles. The fraction of sp³-hybridized carbons (Fsp3) is 0.400. The molecule has 23 heavy (non-hydrogen) atoms. The van der Waals surface area contributed by atoms with E-state index in [1.165, 1.54) is 37.1 Å². The third-order valence-corrected chi connectivity index (χ3v) is 4.57. The van der Waals surface area contributed by atoms with Gasteiger partial charge >= 0.3 is 0 Å². The SMILES string of the molecule is CC1CCN(Cc2cccc(CNNc3ccccc3)c2)CC1. The van der Waals surface area contributed by atoms with Crippen molar-refractivity contribution in [2.45, 2.75) is 32.9 Å². The minimum absolute atomic E-state index is 0.819. The summed E-state index contributed by atoms with van der Waals surface area (Å²) in [5, 5.41) is 0. The van der Waals surface area contributed by atoms with Crippen LogP contribution in [0.5, 0.6) is 0 Å². The van der Waals surface area contributed by atoms with Crippen molar-refractivity contribution in [2.75, 3.05) is 18.5 Å². The lowest BCUT2D eigenvalue weighted by Gasteiger charge is -2.30. The number of likely N-dealkylation sites (tertiary alicyclic amines) is 1. The van der Waals surface area contributed by atoms with Crippen molar-refractivity contribution in [3.8, 4) is 0 Å². The number of rotatable bonds is 6. The summed E-state index contributed by atoms with van der Waals surface area (Å²) in [5.41, 5.74) is 10.3. The van der Waals surface area contributed by atoms with Gasteiger partial charge in [0.05, 0.1) is 0 Å². The van der Waals surface area contributed by atoms with Crippen molar-refractivity contribution in [1.29, 1.82) is 0 Å². The average Bonchev–Trinajstić information content (AvgIpc) is 2.58. The molecule has 3 heteroatoms. The number of nitrogens with one attached hydrogen (secondary N) is 2. The predicted octanol–water partition coefficient (Wildman–Crippen LogP) is 4.04. The summed E-state index contributed by atoms with van der Waals surface area (Å²) in [6.45, 7) is 6.73. The molecule has 0 spiro atoms. The van der Waals surface area contributed by atoms with Crippen molar-refractivity contribution in [1.82, 2.24) is 10.3 Å². The van der Waals surface area contributed by atoms with Crippen LogP contribution in [-0.2, 0) is 13.1 Å². The maximum atomic E-state index is 3.29. The molecular formula is C20H27N3. The number of hydrogen-bond acceptors (Lipinski definition) is 3. The van der Waals surface area contributed by atoms with E-state index in [-0.39, 0.29) is 0 Å². The molecule has 0 amide bonds. The highest BCUT2D eigenvalue weighted by molar-refractivity contribution is 5.41. The molecule has 1 aliphatic rings. The minimum atomic E-state index is 0.819. The number of para-hydroxylation sites is 1. The van der Waals surface area contributed by atoms with E-state index in [0.717, 1.165) is 24.7 Å². The number of benzene rings is 2. The molecule has 0 radical (unpaired) electrons. The quantitative estimate of drug-likeness (QED) is 0.789. The highest BCUT2D eigenvalue weighted by Gasteiger charge is 2.15. The van der Waals surface area contributed by atoms with Crippen molar-refractivity contribution in [3.05, 3.63) is 65.7 Å². The topological polar surface area (TPSA) is 27.3 Å². The predicted molar refractivity (Wildman–Crippen MR) is 97.0 cm³/mol. The van der Waals surface area contributed by atoms with Crippen molar-refractivity contribution >= 4 is 5.69 Å². The Hall–Kier alpha value is -1.84. The normalized spacial score (nSPS) is 16.4. The summed E-state index contributed by atoms with van der Waals surface area (Å²) in [4.78, 5) is 2.58. The third-order valence-electron chi connectivity index (χ3n) is 4.57. The van der Waals surface area contributed by atoms with Gasteiger partial charge in [0.25, 0.3) is 0 Å². The first-order valence-corrected chi connectivity index (χ1v) is 8.64. The summed E-state index contributed by atoms with van der Waals surface area (Å²) in [6.07, 6.45) is 2.67. The Balaban J connectivity index is 1.49. The molecule has 3 rings (SSSR count). The van der Waals surface area contributed by atoms with Crippen LogP contribution in [0.1, 0.15) is 30.9 Å². The maximum Gasteiger partial charge on any atom is 0.0487 e. The molecule has 0 saturated carbocycles. The van der Waals surface area contributed by atoms with E-state index < -0.39 is 0 Å². The van der Waals surface area contributed by atoms with Gasteiger partial charge in [0, 0.05) is 18.8 Å². The highest BCUT2D eigenvalue weighted by Crippen LogP contribution is 2.18. The Morgan fingerprint density at radius 3 is 2.48 bits per heavy atom. The first-order chi connectivity index (χ1) is 11.3. The van der Waals surface area contributed by atoms with Gasteiger partial charge in [-0.05, 0) is 55.1 Å². The van der Waals surface area contributed by atoms with E-state index in [1.807, 2.05) is 18.2 Å². The first-order valence-electron chi connectivity index (χ1n) is 8.64. The smallest absolute Gasteiger partial charge is 0.0487 e. The lowest BCUT2D eigenvalue weighted by molar-refractivity contribution is 0.185. The molecular weight excluding hydrogens is 282 g/mol. The first kappa shape index (κ1) is 16.0. The largest absolute Gasteiger partial charge is 0.321 e. The zero-order valence-corrected chi connectivity index (χ0v) is 14.0. The van der Waals surface area contributed by atoms with E-state index in [4.69, 9.17) is 0 Å². The number of anilines is 1. The molecule has 1 fully saturated rings. The average molecular weight is 309 g/mol. The molecule has 0 bridgehead atoms. The van der Waals surface area contributed by atoms with Crippen LogP contribution in [0, 0.1) is 5.92 Å². The standard InChI is InChI=1S/C20H27N3/c1-17-10-12-23(13-11-17)16-19-7-5-6-18(14-19)15-21-22-20-8-3-2-4-9-20/h2-9,14,17,21-22H,10-13,15-16H2,1H3. The Bertz CT molecular complexity index is 589. The van der Waals surface area contributed by atoms with Crippen LogP contribution in [0.25, 0.3) is 0 Å². The van der Waals surface area contributed by atoms with E-state index in [1.54, 1.807) is 0 Å². The Labute approximate surface area is 139 Å². The summed E-state index contributed by atoms with van der Waals surface area (Å²) >= 11 is 0. The van der Waals surface area contributed by atoms with Gasteiger partial charge in [-0.25, -0.2) is 5.43 Å². The van der Waals surface area contributed by atoms with Crippen LogP contribution in [-0.4, -0.2) is 18.0 Å². The minimum Gasteiger partial charge on any atom is -0.321 e. The summed E-state index contributed by atoms with van der Waals surface area (Å²) < 4.78 is 0. The van der Waals surface area contributed by atoms with E-state index >= 15 is 0 Å². The van der Waals surface area contributed by atoms with Gasteiger partial charge in [-0.15, -0.1) is 0 Å². The number of nitrogens with zero attached hydrogens (tertiary/aromatic N) is 1. The number of piperidine rings is 1. The van der Waals surface area contributed by atoms with Crippen LogP contribution < -0.4 is 10.9 Å². The molecule has 0 atom stereocenters. The highest BCUT2D eigenvalue weighted by atomic mass is 15.3. The molecule has 1 heterocycles. The molecule has 0 aliphatic carbocycles. The molecule has 0 unspecified atom stereocenters. The zero-order chi connectivity index (χ0) is 15.9. The number of hydrazine groups is 1. The van der Waals surface area contributed by atoms with Gasteiger partial charge in [-0.1, -0.05) is 49.4 Å². The van der Waals surface area contributed by atoms with Crippen molar-refractivity contribution in [3.63, 3.8) is 0 Å². The van der Waals surface area contributed by atoms with Gasteiger partial charge in [-0.2, -0.15) is 0 Å². The summed E-state index contributed by atoms with van der Waals surface area (Å²) in [7, 11) is 0. The molecule has 1 saturated heterocycles. The van der Waals surface area contributed by atoms with Crippen LogP contribution in [0.3, 0.4) is 0 Å². The van der Waals surface area contributed by atoms with Crippen molar-refractivity contribution in [2.24, 2.45) is 5.92 Å². The molecule has 3 nitrogen and oxygen atoms in total. The molecule has 2 N–H and O–H groups in total. The maximum absolute atomic E-state index is 3.29. The second-order valence-corrected chi connectivity index (χ2v) is 6.62. The second kappa shape index (κ2) is 8.14. The number of hydrogen-bond donors (Lipinski definition) is 2. The van der Waals surface area contributed by atoms with Crippen LogP contribution in [0.4, 0.5) is 5.69 Å². The van der Waals surface area contributed by atoms with Crippen molar-refractivity contribution < 1.29 is 0 Å². The van der Waals surface area contributed by atoms with Crippen LogP contribution in [0.15, 0.2) is 54.6 Å². The Kier molecular flexibility index (Phi) is 5.67. The van der Waals surface area contributed by atoms with E-state index in [0.29, 0.717) is 0 Å². The lowest BCUT2D eigenvalue weighted by atomic mass is 9.98. The second-order valence-electron chi connectivity index (χ2n) is 6.62. The van der Waals surface area contributed by atoms with E-state index in [9.17, 15) is 0 Å². The molecule has 2 aromatic rings. The fourth-order valence-electron chi connectivity index (χ4n) is 3.09. The van der Waals surface area contributed by atoms with E-state index in [2.05, 4.69) is 59.1 Å². The van der Waals surface area contributed by atoms with Crippen LogP contribution >= 0.6 is 0 Å². The van der Waals surface area contributed by atoms with Gasteiger partial charge in [0.15, 0.2) is 0 Å². The lowest BCUT2D eigenvalue weighted by Crippen LogP contribution is -2.32. The zero-order valence-electron chi connectivity index (χ0n) is 14.0. The molecule has 0 aromatic heterocycles. The molecule has 1 aliphatic heterocycles. The fourth-order valence-corrected chi connectivity index (χ4v) is 3.09. The third kappa shape index (κ3) is 5.08. The van der Waals surface area contributed by atoms with Gasteiger partial charge < -0.3 is 5.43 Å². The summed E-state index contributed by atoms with van der Waals surface area (Å²) in [5.74, 6) is 0.894. The van der Waals surface area contributed by atoms with Gasteiger partial charge in [0.2, 0.25) is 0 Å². The van der Waals surface area contributed by atoms with Crippen LogP contribution in [0.2, 0.25) is 0 Å². The Morgan fingerprint density at radius 2 is 1.70 bits per heavy atom. The monoisotopic (exact) mass is 309 g/mol.